The second kappa shape index (κ2) is 5.95. The van der Waals surface area contributed by atoms with E-state index in [1.165, 1.54) is 0 Å². The summed E-state index contributed by atoms with van der Waals surface area (Å²) in [5, 5.41) is 2.71. The zero-order valence-electron chi connectivity index (χ0n) is 11.7. The zero-order chi connectivity index (χ0) is 14.7. The van der Waals surface area contributed by atoms with Crippen LogP contribution in [0.2, 0.25) is 0 Å². The monoisotopic (exact) mass is 287 g/mol. The van der Waals surface area contributed by atoms with Gasteiger partial charge in [-0.15, -0.1) is 0 Å². The number of amides is 2. The predicted octanol–water partition coefficient (Wildman–Crippen LogP) is 1.11. The van der Waals surface area contributed by atoms with E-state index < -0.39 is 0 Å². The number of rotatable bonds is 4. The summed E-state index contributed by atoms with van der Waals surface area (Å²) in [6.45, 7) is 1.30. The molecule has 3 rings (SSSR count). The number of oxazole rings is 1. The zero-order valence-corrected chi connectivity index (χ0v) is 11.7. The van der Waals surface area contributed by atoms with Crippen LogP contribution in [0.3, 0.4) is 0 Å². The van der Waals surface area contributed by atoms with E-state index in [0.29, 0.717) is 38.2 Å². The van der Waals surface area contributed by atoms with Crippen molar-refractivity contribution < 1.29 is 14.0 Å². The molecular formula is C15H17N3O3. The van der Waals surface area contributed by atoms with Crippen molar-refractivity contribution in [3.63, 3.8) is 0 Å². The first-order valence-corrected chi connectivity index (χ1v) is 7.11. The van der Waals surface area contributed by atoms with Crippen LogP contribution in [-0.4, -0.2) is 41.3 Å². The Morgan fingerprint density at radius 3 is 3.05 bits per heavy atom. The Bertz CT molecular complexity index is 632. The molecule has 0 radical (unpaired) electrons. The maximum Gasteiger partial charge on any atom is 0.239 e. The molecule has 6 nitrogen and oxygen atoms in total. The highest BCUT2D eigenvalue weighted by Crippen LogP contribution is 2.16. The summed E-state index contributed by atoms with van der Waals surface area (Å²) in [4.78, 5) is 29.2. The Morgan fingerprint density at radius 2 is 2.24 bits per heavy atom. The second-order valence-electron chi connectivity index (χ2n) is 5.09. The van der Waals surface area contributed by atoms with E-state index in [1.807, 2.05) is 24.3 Å². The van der Waals surface area contributed by atoms with Gasteiger partial charge < -0.3 is 14.6 Å². The van der Waals surface area contributed by atoms with Crippen LogP contribution in [0.5, 0.6) is 0 Å². The van der Waals surface area contributed by atoms with Crippen LogP contribution in [0, 0.1) is 0 Å². The van der Waals surface area contributed by atoms with Gasteiger partial charge in [-0.1, -0.05) is 12.1 Å². The number of carbonyl (C=O) groups excluding carboxylic acids is 2. The predicted molar refractivity (Wildman–Crippen MR) is 76.5 cm³/mol. The number of fused-ring (bicyclic) bond motifs is 1. The number of carbonyl (C=O) groups is 2. The topological polar surface area (TPSA) is 75.4 Å². The average Bonchev–Trinajstić information content (AvgIpc) is 2.89. The number of aryl methyl sites for hydroxylation is 1. The first-order chi connectivity index (χ1) is 10.2. The standard InChI is InChI=1S/C15H17N3O3/c19-13-10-18(9-8-16-13)15(20)7-3-6-14-17-11-4-1-2-5-12(11)21-14/h1-2,4-5H,3,6-10H2,(H,16,19). The molecule has 6 heteroatoms. The first-order valence-electron chi connectivity index (χ1n) is 7.11. The van der Waals surface area contributed by atoms with Gasteiger partial charge in [0.15, 0.2) is 11.5 Å². The van der Waals surface area contributed by atoms with Gasteiger partial charge in [0.1, 0.15) is 5.52 Å². The summed E-state index contributed by atoms with van der Waals surface area (Å²) >= 11 is 0. The summed E-state index contributed by atoms with van der Waals surface area (Å²) in [7, 11) is 0. The number of benzene rings is 1. The number of nitrogens with one attached hydrogen (secondary N) is 1. The molecule has 0 aliphatic carbocycles. The molecule has 1 fully saturated rings. The molecule has 1 aliphatic rings. The number of para-hydroxylation sites is 2. The molecule has 0 unspecified atom stereocenters. The van der Waals surface area contributed by atoms with E-state index in [0.717, 1.165) is 11.1 Å². The molecule has 1 aromatic heterocycles. The lowest BCUT2D eigenvalue weighted by Gasteiger charge is -2.26. The van der Waals surface area contributed by atoms with E-state index in [9.17, 15) is 9.59 Å². The van der Waals surface area contributed by atoms with Gasteiger partial charge in [0.2, 0.25) is 11.8 Å². The molecule has 21 heavy (non-hydrogen) atoms. The van der Waals surface area contributed by atoms with Crippen LogP contribution in [0.15, 0.2) is 28.7 Å². The molecule has 0 atom stereocenters. The minimum Gasteiger partial charge on any atom is -0.441 e. The van der Waals surface area contributed by atoms with Gasteiger partial charge in [0, 0.05) is 25.9 Å². The van der Waals surface area contributed by atoms with E-state index in [-0.39, 0.29) is 18.4 Å². The van der Waals surface area contributed by atoms with Crippen molar-refractivity contribution in [2.24, 2.45) is 0 Å². The van der Waals surface area contributed by atoms with Gasteiger partial charge in [0.25, 0.3) is 0 Å². The maximum atomic E-state index is 12.0. The lowest BCUT2D eigenvalue weighted by atomic mass is 10.2. The molecule has 1 aromatic carbocycles. The first kappa shape index (κ1) is 13.6. The molecule has 2 amide bonds. The van der Waals surface area contributed by atoms with Crippen LogP contribution < -0.4 is 5.32 Å². The summed E-state index contributed by atoms with van der Waals surface area (Å²) in [6, 6.07) is 7.60. The normalized spacial score (nSPS) is 15.2. The summed E-state index contributed by atoms with van der Waals surface area (Å²) < 4.78 is 5.61. The number of hydrogen-bond donors (Lipinski definition) is 1. The van der Waals surface area contributed by atoms with Crippen molar-refractivity contribution >= 4 is 22.9 Å². The van der Waals surface area contributed by atoms with Gasteiger partial charge in [0.05, 0.1) is 6.54 Å². The average molecular weight is 287 g/mol. The van der Waals surface area contributed by atoms with Crippen LogP contribution in [0.4, 0.5) is 0 Å². The van der Waals surface area contributed by atoms with Crippen molar-refractivity contribution in [3.05, 3.63) is 30.2 Å². The molecule has 110 valence electrons. The van der Waals surface area contributed by atoms with Crippen molar-refractivity contribution in [2.75, 3.05) is 19.6 Å². The number of hydrogen-bond acceptors (Lipinski definition) is 4. The molecule has 1 aliphatic heterocycles. The Balaban J connectivity index is 1.51. The summed E-state index contributed by atoms with van der Waals surface area (Å²) in [5.74, 6) is 0.579. The molecule has 1 N–H and O–H groups in total. The van der Waals surface area contributed by atoms with E-state index in [4.69, 9.17) is 4.42 Å². The third-order valence-corrected chi connectivity index (χ3v) is 3.51. The Hall–Kier alpha value is -2.37. The van der Waals surface area contributed by atoms with E-state index in [1.54, 1.807) is 4.90 Å². The van der Waals surface area contributed by atoms with Crippen molar-refractivity contribution in [3.8, 4) is 0 Å². The minimum atomic E-state index is -0.0893. The fourth-order valence-electron chi connectivity index (χ4n) is 2.43. The van der Waals surface area contributed by atoms with Crippen molar-refractivity contribution in [1.29, 1.82) is 0 Å². The van der Waals surface area contributed by atoms with Gasteiger partial charge in [-0.05, 0) is 18.6 Å². The molecule has 0 bridgehead atoms. The van der Waals surface area contributed by atoms with Crippen LogP contribution in [0.25, 0.3) is 11.1 Å². The highest BCUT2D eigenvalue weighted by Gasteiger charge is 2.20. The Labute approximate surface area is 122 Å². The van der Waals surface area contributed by atoms with E-state index >= 15 is 0 Å². The lowest BCUT2D eigenvalue weighted by Crippen LogP contribution is -2.49. The van der Waals surface area contributed by atoms with Gasteiger partial charge in [-0.2, -0.15) is 0 Å². The van der Waals surface area contributed by atoms with Crippen LogP contribution in [-0.2, 0) is 16.0 Å². The number of piperazine rings is 1. The third kappa shape index (κ3) is 3.21. The SMILES string of the molecule is O=C1CN(C(=O)CCCc2nc3ccccc3o2)CCN1. The molecule has 2 heterocycles. The highest BCUT2D eigenvalue weighted by atomic mass is 16.3. The Morgan fingerprint density at radius 1 is 1.38 bits per heavy atom. The lowest BCUT2D eigenvalue weighted by molar-refractivity contribution is -0.138. The van der Waals surface area contributed by atoms with Crippen LogP contribution in [0.1, 0.15) is 18.7 Å². The Kier molecular flexibility index (Phi) is 3.85. The summed E-state index contributed by atoms with van der Waals surface area (Å²) in [5.41, 5.74) is 1.61. The molecule has 0 spiro atoms. The van der Waals surface area contributed by atoms with Gasteiger partial charge in [-0.25, -0.2) is 4.98 Å². The van der Waals surface area contributed by atoms with Gasteiger partial charge >= 0.3 is 0 Å². The second-order valence-corrected chi connectivity index (χ2v) is 5.09. The smallest absolute Gasteiger partial charge is 0.239 e. The quantitative estimate of drug-likeness (QED) is 0.914. The highest BCUT2D eigenvalue weighted by molar-refractivity contribution is 5.85. The fourth-order valence-corrected chi connectivity index (χ4v) is 2.43. The molecular weight excluding hydrogens is 270 g/mol. The van der Waals surface area contributed by atoms with Crippen molar-refractivity contribution in [2.45, 2.75) is 19.3 Å². The molecule has 0 saturated carbocycles. The summed E-state index contributed by atoms with van der Waals surface area (Å²) in [6.07, 6.45) is 1.70. The number of nitrogens with zero attached hydrogens (tertiary/aromatic N) is 2. The van der Waals surface area contributed by atoms with Crippen molar-refractivity contribution in [1.82, 2.24) is 15.2 Å². The minimum absolute atomic E-state index is 0.0148. The van der Waals surface area contributed by atoms with Crippen LogP contribution >= 0.6 is 0 Å². The molecule has 1 saturated heterocycles. The fraction of sp³-hybridized carbons (Fsp3) is 0.400. The third-order valence-electron chi connectivity index (χ3n) is 3.51. The van der Waals surface area contributed by atoms with E-state index in [2.05, 4.69) is 10.3 Å². The number of aromatic nitrogens is 1. The maximum absolute atomic E-state index is 12.0. The van der Waals surface area contributed by atoms with Gasteiger partial charge in [-0.3, -0.25) is 9.59 Å². The molecule has 2 aromatic rings. The largest absolute Gasteiger partial charge is 0.441 e.